The van der Waals surface area contributed by atoms with Gasteiger partial charge in [0, 0.05) is 50.5 Å². The van der Waals surface area contributed by atoms with Crippen LogP contribution in [0.4, 0.5) is 0 Å². The van der Waals surface area contributed by atoms with Gasteiger partial charge in [0.15, 0.2) is 5.96 Å². The largest absolute Gasteiger partial charge is 0.379 e. The van der Waals surface area contributed by atoms with E-state index in [-0.39, 0.29) is 0 Å². The highest BCUT2D eigenvalue weighted by molar-refractivity contribution is 5.80. The molecule has 1 aromatic heterocycles. The van der Waals surface area contributed by atoms with Crippen molar-refractivity contribution in [3.05, 3.63) is 54.2 Å². The molecule has 0 amide bonds. The van der Waals surface area contributed by atoms with Gasteiger partial charge in [0.05, 0.1) is 25.5 Å². The molecular weight excluding hydrogens is 362 g/mol. The third-order valence-electron chi connectivity index (χ3n) is 5.66. The van der Waals surface area contributed by atoms with E-state index in [1.165, 1.54) is 12.0 Å². The Balaban J connectivity index is 1.42. The van der Waals surface area contributed by atoms with Crippen LogP contribution in [0.3, 0.4) is 0 Å². The lowest BCUT2D eigenvalue weighted by Crippen LogP contribution is -2.46. The molecule has 4 rings (SSSR count). The van der Waals surface area contributed by atoms with Crippen LogP contribution in [0.15, 0.2) is 53.7 Å². The van der Waals surface area contributed by atoms with Crippen molar-refractivity contribution in [3.8, 4) is 11.3 Å². The Bertz CT molecular complexity index is 804. The van der Waals surface area contributed by atoms with Crippen molar-refractivity contribution >= 4 is 5.96 Å². The summed E-state index contributed by atoms with van der Waals surface area (Å²) in [5.41, 5.74) is 3.34. The molecule has 0 saturated carbocycles. The quantitative estimate of drug-likeness (QED) is 0.625. The van der Waals surface area contributed by atoms with Crippen LogP contribution < -0.4 is 5.32 Å². The molecule has 1 aromatic carbocycles. The first kappa shape index (κ1) is 19.9. The van der Waals surface area contributed by atoms with Gasteiger partial charge in [-0.15, -0.1) is 0 Å². The number of nitrogens with one attached hydrogen (secondary N) is 1. The van der Waals surface area contributed by atoms with Crippen molar-refractivity contribution in [2.75, 3.05) is 45.9 Å². The molecule has 1 N–H and O–H groups in total. The summed E-state index contributed by atoms with van der Waals surface area (Å²) in [7, 11) is 0. The second-order valence-electron chi connectivity index (χ2n) is 7.62. The predicted molar refractivity (Wildman–Crippen MR) is 117 cm³/mol. The molecule has 0 bridgehead atoms. The summed E-state index contributed by atoms with van der Waals surface area (Å²) < 4.78 is 5.51. The molecule has 0 spiro atoms. The highest BCUT2D eigenvalue weighted by Crippen LogP contribution is 2.19. The molecule has 6 heteroatoms. The van der Waals surface area contributed by atoms with Crippen molar-refractivity contribution in [1.29, 1.82) is 0 Å². The number of aromatic nitrogens is 1. The third-order valence-corrected chi connectivity index (χ3v) is 5.66. The van der Waals surface area contributed by atoms with Crippen molar-refractivity contribution in [2.24, 2.45) is 4.99 Å². The Hall–Kier alpha value is -2.44. The van der Waals surface area contributed by atoms with Gasteiger partial charge in [-0.2, -0.15) is 0 Å². The molecule has 0 aliphatic carbocycles. The molecule has 6 nitrogen and oxygen atoms in total. The first-order valence-electron chi connectivity index (χ1n) is 10.7. The zero-order valence-corrected chi connectivity index (χ0v) is 17.3. The number of guanidine groups is 1. The van der Waals surface area contributed by atoms with Crippen LogP contribution in [0.2, 0.25) is 0 Å². The minimum Gasteiger partial charge on any atom is -0.379 e. The van der Waals surface area contributed by atoms with E-state index in [0.29, 0.717) is 12.6 Å². The standard InChI is InChI=1S/C23H31N5O/c1-2-24-23(28-11-9-21(18-28)27-12-14-29-15-13-27)26-17-19-6-5-7-20(16-19)22-8-3-4-10-25-22/h3-8,10,16,21H,2,9,11-15,17-18H2,1H3,(H,24,26). The maximum Gasteiger partial charge on any atom is 0.194 e. The van der Waals surface area contributed by atoms with Crippen LogP contribution in [0.25, 0.3) is 11.3 Å². The number of aliphatic imine (C=N–C) groups is 1. The maximum atomic E-state index is 5.51. The van der Waals surface area contributed by atoms with Crippen molar-refractivity contribution < 1.29 is 4.74 Å². The van der Waals surface area contributed by atoms with E-state index in [1.807, 2.05) is 24.4 Å². The number of ether oxygens (including phenoxy) is 1. The first-order valence-corrected chi connectivity index (χ1v) is 10.7. The molecule has 0 radical (unpaired) electrons. The summed E-state index contributed by atoms with van der Waals surface area (Å²) in [6.45, 7) is 9.59. The van der Waals surface area contributed by atoms with Gasteiger partial charge in [-0.05, 0) is 37.1 Å². The lowest BCUT2D eigenvalue weighted by atomic mass is 10.1. The van der Waals surface area contributed by atoms with E-state index in [1.54, 1.807) is 0 Å². The number of benzene rings is 1. The second-order valence-corrected chi connectivity index (χ2v) is 7.62. The Morgan fingerprint density at radius 3 is 2.86 bits per heavy atom. The fourth-order valence-corrected chi connectivity index (χ4v) is 4.13. The van der Waals surface area contributed by atoms with Crippen LogP contribution >= 0.6 is 0 Å². The topological polar surface area (TPSA) is 53.0 Å². The van der Waals surface area contributed by atoms with Crippen LogP contribution in [-0.4, -0.2) is 72.7 Å². The van der Waals surface area contributed by atoms with E-state index in [9.17, 15) is 0 Å². The Kier molecular flexibility index (Phi) is 6.75. The lowest BCUT2D eigenvalue weighted by Gasteiger charge is -2.32. The summed E-state index contributed by atoms with van der Waals surface area (Å²) in [5, 5.41) is 3.48. The molecule has 2 aromatic rings. The molecule has 2 saturated heterocycles. The number of rotatable bonds is 5. The molecule has 2 fully saturated rings. The summed E-state index contributed by atoms with van der Waals surface area (Å²) in [5.74, 6) is 1.02. The highest BCUT2D eigenvalue weighted by Gasteiger charge is 2.30. The van der Waals surface area contributed by atoms with Crippen molar-refractivity contribution in [1.82, 2.24) is 20.1 Å². The van der Waals surface area contributed by atoms with Gasteiger partial charge in [-0.25, -0.2) is 4.99 Å². The molecule has 154 valence electrons. The molecule has 3 heterocycles. The monoisotopic (exact) mass is 393 g/mol. The Labute approximate surface area is 173 Å². The molecule has 1 atom stereocenters. The van der Waals surface area contributed by atoms with Gasteiger partial charge in [-0.1, -0.05) is 24.3 Å². The zero-order valence-electron chi connectivity index (χ0n) is 17.3. The van der Waals surface area contributed by atoms with E-state index < -0.39 is 0 Å². The second kappa shape index (κ2) is 9.85. The van der Waals surface area contributed by atoms with Gasteiger partial charge in [-0.3, -0.25) is 9.88 Å². The predicted octanol–water partition coefficient (Wildman–Crippen LogP) is 2.62. The van der Waals surface area contributed by atoms with E-state index >= 15 is 0 Å². The molecular formula is C23H31N5O. The fraction of sp³-hybridized carbons (Fsp3) is 0.478. The number of nitrogens with zero attached hydrogens (tertiary/aromatic N) is 4. The first-order chi connectivity index (χ1) is 14.3. The summed E-state index contributed by atoms with van der Waals surface area (Å²) >= 11 is 0. The molecule has 2 aliphatic heterocycles. The summed E-state index contributed by atoms with van der Waals surface area (Å²) in [4.78, 5) is 14.4. The smallest absolute Gasteiger partial charge is 0.194 e. The summed E-state index contributed by atoms with van der Waals surface area (Å²) in [6, 6.07) is 15.1. The fourth-order valence-electron chi connectivity index (χ4n) is 4.13. The van der Waals surface area contributed by atoms with Gasteiger partial charge < -0.3 is 15.0 Å². The molecule has 2 aliphatic rings. The summed E-state index contributed by atoms with van der Waals surface area (Å²) in [6.07, 6.45) is 3.03. The molecule has 1 unspecified atom stereocenters. The van der Waals surface area contributed by atoms with E-state index in [4.69, 9.17) is 9.73 Å². The van der Waals surface area contributed by atoms with Gasteiger partial charge in [0.2, 0.25) is 0 Å². The van der Waals surface area contributed by atoms with Crippen LogP contribution in [0.1, 0.15) is 18.9 Å². The van der Waals surface area contributed by atoms with Crippen LogP contribution in [0, 0.1) is 0 Å². The lowest BCUT2D eigenvalue weighted by molar-refractivity contribution is 0.0195. The SMILES string of the molecule is CCNC(=NCc1cccc(-c2ccccn2)c1)N1CCC(N2CCOCC2)C1. The molecule has 29 heavy (non-hydrogen) atoms. The number of morpholine rings is 1. The van der Waals surface area contributed by atoms with Crippen LogP contribution in [0.5, 0.6) is 0 Å². The van der Waals surface area contributed by atoms with Crippen LogP contribution in [-0.2, 0) is 11.3 Å². The van der Waals surface area contributed by atoms with Gasteiger partial charge >= 0.3 is 0 Å². The third kappa shape index (κ3) is 5.14. The minimum atomic E-state index is 0.607. The van der Waals surface area contributed by atoms with E-state index in [2.05, 4.69) is 51.3 Å². The van der Waals surface area contributed by atoms with Crippen molar-refractivity contribution in [3.63, 3.8) is 0 Å². The van der Waals surface area contributed by atoms with Gasteiger partial charge in [0.25, 0.3) is 0 Å². The number of hydrogen-bond donors (Lipinski definition) is 1. The van der Waals surface area contributed by atoms with Gasteiger partial charge in [0.1, 0.15) is 0 Å². The highest BCUT2D eigenvalue weighted by atomic mass is 16.5. The maximum absolute atomic E-state index is 5.51. The average molecular weight is 394 g/mol. The van der Waals surface area contributed by atoms with Crippen molar-refractivity contribution in [2.45, 2.75) is 25.9 Å². The average Bonchev–Trinajstić information content (AvgIpc) is 3.28. The minimum absolute atomic E-state index is 0.607. The Morgan fingerprint density at radius 2 is 2.07 bits per heavy atom. The number of pyridine rings is 1. The van der Waals surface area contributed by atoms with E-state index in [0.717, 1.165) is 63.2 Å². The number of hydrogen-bond acceptors (Lipinski definition) is 4. The normalized spacial score (nSPS) is 20.8. The zero-order chi connectivity index (χ0) is 19.9. The number of likely N-dealkylation sites (tertiary alicyclic amines) is 1. The Morgan fingerprint density at radius 1 is 1.17 bits per heavy atom.